The minimum absolute atomic E-state index is 0.341. The highest BCUT2D eigenvalue weighted by atomic mass is 127. The number of ether oxygens (including phenoxy) is 1. The van der Waals surface area contributed by atoms with Gasteiger partial charge in [-0.3, -0.25) is 0 Å². The van der Waals surface area contributed by atoms with Crippen LogP contribution in [-0.4, -0.2) is 20.3 Å². The Morgan fingerprint density at radius 1 is 1.56 bits per heavy atom. The van der Waals surface area contributed by atoms with Gasteiger partial charge in [-0.15, -0.1) is 0 Å². The third-order valence-electron chi connectivity index (χ3n) is 3.04. The molecule has 0 spiro atoms. The van der Waals surface area contributed by atoms with E-state index in [1.54, 1.807) is 0 Å². The summed E-state index contributed by atoms with van der Waals surface area (Å²) in [6.45, 7) is 1.72. The molecule has 2 atom stereocenters. The molecule has 0 aliphatic carbocycles. The molecule has 0 saturated carbocycles. The molecule has 1 aliphatic rings. The summed E-state index contributed by atoms with van der Waals surface area (Å²) in [5.74, 6) is 0.553. The summed E-state index contributed by atoms with van der Waals surface area (Å²) < 4.78 is 6.71. The van der Waals surface area contributed by atoms with E-state index >= 15 is 0 Å². The number of rotatable bonds is 3. The van der Waals surface area contributed by atoms with Gasteiger partial charge in [0.15, 0.2) is 0 Å². The van der Waals surface area contributed by atoms with Gasteiger partial charge in [0, 0.05) is 27.2 Å². The lowest BCUT2D eigenvalue weighted by molar-refractivity contribution is 0.177. The summed E-state index contributed by atoms with van der Waals surface area (Å²) in [6, 6.07) is 6.40. The maximum atomic E-state index is 6.06. The number of hydrogen-bond acceptors (Lipinski definition) is 2. The van der Waals surface area contributed by atoms with Crippen molar-refractivity contribution in [2.75, 3.05) is 20.3 Å². The van der Waals surface area contributed by atoms with Crippen molar-refractivity contribution in [1.82, 2.24) is 5.32 Å². The summed E-state index contributed by atoms with van der Waals surface area (Å²) in [5.41, 5.74) is 1.28. The smallest absolute Gasteiger partial charge is 0.0513 e. The molecular weight excluding hydrogens is 336 g/mol. The second kappa shape index (κ2) is 5.67. The molecule has 16 heavy (non-hydrogen) atoms. The molecule has 1 aromatic carbocycles. The van der Waals surface area contributed by atoms with Crippen molar-refractivity contribution >= 4 is 34.2 Å². The zero-order chi connectivity index (χ0) is 11.5. The van der Waals surface area contributed by atoms with E-state index < -0.39 is 0 Å². The Morgan fingerprint density at radius 3 is 3.00 bits per heavy atom. The Hall–Kier alpha value is 0.160. The molecule has 1 heterocycles. The van der Waals surface area contributed by atoms with Gasteiger partial charge in [0.25, 0.3) is 0 Å². The van der Waals surface area contributed by atoms with Crippen LogP contribution >= 0.6 is 34.2 Å². The average Bonchev–Trinajstić information content (AvgIpc) is 2.78. The van der Waals surface area contributed by atoms with Gasteiger partial charge in [0.2, 0.25) is 0 Å². The fourth-order valence-electron chi connectivity index (χ4n) is 2.21. The monoisotopic (exact) mass is 351 g/mol. The van der Waals surface area contributed by atoms with Crippen LogP contribution < -0.4 is 5.32 Å². The molecule has 0 amide bonds. The van der Waals surface area contributed by atoms with Gasteiger partial charge < -0.3 is 10.1 Å². The Labute approximate surface area is 115 Å². The van der Waals surface area contributed by atoms with Gasteiger partial charge in [-0.2, -0.15) is 0 Å². The molecule has 88 valence electrons. The fourth-order valence-corrected chi connectivity index (χ4v) is 3.07. The van der Waals surface area contributed by atoms with Crippen molar-refractivity contribution in [3.63, 3.8) is 0 Å². The molecule has 0 bridgehead atoms. The maximum absolute atomic E-state index is 6.06. The van der Waals surface area contributed by atoms with E-state index in [1.807, 2.05) is 13.1 Å². The molecule has 1 aromatic rings. The Balaban J connectivity index is 2.28. The summed E-state index contributed by atoms with van der Waals surface area (Å²) in [4.78, 5) is 0. The van der Waals surface area contributed by atoms with Gasteiger partial charge in [-0.1, -0.05) is 11.6 Å². The van der Waals surface area contributed by atoms with Gasteiger partial charge >= 0.3 is 0 Å². The Kier molecular flexibility index (Phi) is 4.47. The largest absolute Gasteiger partial charge is 0.381 e. The summed E-state index contributed by atoms with van der Waals surface area (Å²) in [7, 11) is 2.00. The molecule has 1 aliphatic heterocycles. The Bertz CT molecular complexity index is 366. The van der Waals surface area contributed by atoms with Crippen LogP contribution in [0.2, 0.25) is 5.02 Å². The summed E-state index contributed by atoms with van der Waals surface area (Å²) in [5, 5.41) is 4.19. The second-order valence-electron chi connectivity index (χ2n) is 4.06. The predicted molar refractivity (Wildman–Crippen MR) is 74.9 cm³/mol. The van der Waals surface area contributed by atoms with E-state index in [1.165, 1.54) is 9.13 Å². The molecule has 1 N–H and O–H groups in total. The number of benzene rings is 1. The second-order valence-corrected chi connectivity index (χ2v) is 5.65. The van der Waals surface area contributed by atoms with Crippen molar-refractivity contribution in [3.05, 3.63) is 32.4 Å². The molecule has 2 unspecified atom stereocenters. The van der Waals surface area contributed by atoms with Crippen LogP contribution in [0.15, 0.2) is 18.2 Å². The highest BCUT2D eigenvalue weighted by Gasteiger charge is 2.27. The van der Waals surface area contributed by atoms with E-state index in [0.29, 0.717) is 12.0 Å². The minimum atomic E-state index is 0.341. The lowest BCUT2D eigenvalue weighted by Gasteiger charge is -2.23. The topological polar surface area (TPSA) is 21.3 Å². The van der Waals surface area contributed by atoms with Crippen molar-refractivity contribution < 1.29 is 4.74 Å². The Morgan fingerprint density at radius 2 is 2.38 bits per heavy atom. The van der Waals surface area contributed by atoms with Crippen molar-refractivity contribution in [2.45, 2.75) is 12.5 Å². The first-order valence-corrected chi connectivity index (χ1v) is 6.88. The third-order valence-corrected chi connectivity index (χ3v) is 4.26. The average molecular weight is 352 g/mol. The zero-order valence-electron chi connectivity index (χ0n) is 9.17. The van der Waals surface area contributed by atoms with E-state index in [9.17, 15) is 0 Å². The summed E-state index contributed by atoms with van der Waals surface area (Å²) in [6.07, 6.45) is 1.12. The normalized spacial score (nSPS) is 22.3. The van der Waals surface area contributed by atoms with Gasteiger partial charge in [-0.25, -0.2) is 0 Å². The zero-order valence-corrected chi connectivity index (χ0v) is 12.1. The van der Waals surface area contributed by atoms with Gasteiger partial charge in [-0.05, 0) is 59.8 Å². The highest BCUT2D eigenvalue weighted by Crippen LogP contribution is 2.32. The predicted octanol–water partition coefficient (Wildman–Crippen LogP) is 3.24. The first-order chi connectivity index (χ1) is 7.72. The first-order valence-electron chi connectivity index (χ1n) is 5.42. The molecule has 0 aromatic heterocycles. The molecule has 1 saturated heterocycles. The molecule has 0 radical (unpaired) electrons. The van der Waals surface area contributed by atoms with E-state index in [4.69, 9.17) is 16.3 Å². The van der Waals surface area contributed by atoms with E-state index in [0.717, 1.165) is 24.7 Å². The quantitative estimate of drug-likeness (QED) is 0.844. The van der Waals surface area contributed by atoms with Gasteiger partial charge in [0.1, 0.15) is 0 Å². The fraction of sp³-hybridized carbons (Fsp3) is 0.500. The first kappa shape index (κ1) is 12.6. The standard InChI is InChI=1S/C12H15ClINO/c1-15-12(8-4-5-16-7-8)10-6-9(13)2-3-11(10)14/h2-3,6,8,12,15H,4-5,7H2,1H3. The van der Waals surface area contributed by atoms with Crippen molar-refractivity contribution in [3.8, 4) is 0 Å². The van der Waals surface area contributed by atoms with Crippen LogP contribution in [0.1, 0.15) is 18.0 Å². The molecule has 2 rings (SSSR count). The van der Waals surface area contributed by atoms with Crippen molar-refractivity contribution in [2.24, 2.45) is 5.92 Å². The lowest BCUT2D eigenvalue weighted by atomic mass is 9.92. The van der Waals surface area contributed by atoms with Crippen LogP contribution in [0.25, 0.3) is 0 Å². The molecule has 4 heteroatoms. The number of halogens is 2. The maximum Gasteiger partial charge on any atom is 0.0513 e. The minimum Gasteiger partial charge on any atom is -0.381 e. The molecule has 1 fully saturated rings. The van der Waals surface area contributed by atoms with Crippen LogP contribution in [0.3, 0.4) is 0 Å². The van der Waals surface area contributed by atoms with Crippen LogP contribution in [0, 0.1) is 9.49 Å². The highest BCUT2D eigenvalue weighted by molar-refractivity contribution is 14.1. The van der Waals surface area contributed by atoms with Crippen molar-refractivity contribution in [1.29, 1.82) is 0 Å². The number of nitrogens with one attached hydrogen (secondary N) is 1. The molecular formula is C12H15ClINO. The van der Waals surface area contributed by atoms with E-state index in [-0.39, 0.29) is 0 Å². The lowest BCUT2D eigenvalue weighted by Crippen LogP contribution is -2.26. The van der Waals surface area contributed by atoms with Crippen LogP contribution in [0.4, 0.5) is 0 Å². The van der Waals surface area contributed by atoms with Crippen LogP contribution in [-0.2, 0) is 4.74 Å². The van der Waals surface area contributed by atoms with E-state index in [2.05, 4.69) is 40.0 Å². The van der Waals surface area contributed by atoms with Crippen LogP contribution in [0.5, 0.6) is 0 Å². The number of hydrogen-bond donors (Lipinski definition) is 1. The third kappa shape index (κ3) is 2.70. The SMILES string of the molecule is CNC(c1cc(Cl)ccc1I)C1CCOC1. The summed E-state index contributed by atoms with van der Waals surface area (Å²) >= 11 is 8.42. The molecule has 2 nitrogen and oxygen atoms in total. The van der Waals surface area contributed by atoms with Gasteiger partial charge in [0.05, 0.1) is 6.61 Å².